The quantitative estimate of drug-likeness (QED) is 0.788. The summed E-state index contributed by atoms with van der Waals surface area (Å²) in [6.45, 7) is 1.53. The number of halogens is 2. The average Bonchev–Trinajstić information content (AvgIpc) is 2.37. The van der Waals surface area contributed by atoms with Gasteiger partial charge in [0.25, 0.3) is 5.91 Å². The van der Waals surface area contributed by atoms with Crippen molar-refractivity contribution in [2.75, 3.05) is 27.2 Å². The first-order valence-corrected chi connectivity index (χ1v) is 7.02. The van der Waals surface area contributed by atoms with Crippen LogP contribution >= 0.6 is 23.2 Å². The van der Waals surface area contributed by atoms with Crippen molar-refractivity contribution in [2.45, 2.75) is 18.9 Å². The molecule has 0 atom stereocenters. The maximum Gasteiger partial charge on any atom is 0.254 e. The molecule has 1 aromatic heterocycles. The smallest absolute Gasteiger partial charge is 0.254 e. The Kier molecular flexibility index (Phi) is 4.66. The fourth-order valence-electron chi connectivity index (χ4n) is 2.36. The van der Waals surface area contributed by atoms with Gasteiger partial charge in [-0.05, 0) is 39.1 Å². The first-order chi connectivity index (χ1) is 8.97. The standard InChI is InChI=1S/C13H17Cl2N3O/c1-17(2)10-3-5-18(6-4-10)13(19)9-7-11(14)16-12(15)8-9/h7-8,10H,3-6H2,1-2H3. The lowest BCUT2D eigenvalue weighted by Gasteiger charge is -2.35. The van der Waals surface area contributed by atoms with Crippen LogP contribution < -0.4 is 0 Å². The second kappa shape index (κ2) is 6.07. The summed E-state index contributed by atoms with van der Waals surface area (Å²) in [4.78, 5) is 20.3. The Morgan fingerprint density at radius 2 is 1.79 bits per heavy atom. The summed E-state index contributed by atoms with van der Waals surface area (Å²) in [6, 6.07) is 3.68. The van der Waals surface area contributed by atoms with Gasteiger partial charge in [-0.1, -0.05) is 23.2 Å². The van der Waals surface area contributed by atoms with Gasteiger partial charge in [0.05, 0.1) is 0 Å². The highest BCUT2D eigenvalue weighted by atomic mass is 35.5. The predicted molar refractivity (Wildman–Crippen MR) is 76.9 cm³/mol. The minimum Gasteiger partial charge on any atom is -0.339 e. The van der Waals surface area contributed by atoms with Crippen LogP contribution in [0.2, 0.25) is 10.3 Å². The number of carbonyl (C=O) groups excluding carboxylic acids is 1. The van der Waals surface area contributed by atoms with Crippen molar-refractivity contribution < 1.29 is 4.79 Å². The van der Waals surface area contributed by atoms with Gasteiger partial charge in [-0.25, -0.2) is 4.98 Å². The van der Waals surface area contributed by atoms with Crippen molar-refractivity contribution in [3.05, 3.63) is 28.0 Å². The van der Waals surface area contributed by atoms with Crippen LogP contribution in [0.25, 0.3) is 0 Å². The van der Waals surface area contributed by atoms with E-state index in [1.54, 1.807) is 12.1 Å². The van der Waals surface area contributed by atoms with Crippen LogP contribution in [0, 0.1) is 0 Å². The number of aromatic nitrogens is 1. The molecule has 1 fully saturated rings. The Balaban J connectivity index is 2.05. The van der Waals surface area contributed by atoms with Crippen molar-refractivity contribution >= 4 is 29.1 Å². The van der Waals surface area contributed by atoms with Crippen LogP contribution in [0.15, 0.2) is 12.1 Å². The molecule has 0 radical (unpaired) electrons. The van der Waals surface area contributed by atoms with Gasteiger partial charge in [-0.3, -0.25) is 4.79 Å². The molecule has 1 aromatic rings. The van der Waals surface area contributed by atoms with Gasteiger partial charge in [0, 0.05) is 24.7 Å². The maximum absolute atomic E-state index is 12.3. The van der Waals surface area contributed by atoms with Gasteiger partial charge < -0.3 is 9.80 Å². The van der Waals surface area contributed by atoms with Crippen molar-refractivity contribution in [1.29, 1.82) is 0 Å². The van der Waals surface area contributed by atoms with Crippen molar-refractivity contribution in [1.82, 2.24) is 14.8 Å². The topological polar surface area (TPSA) is 36.4 Å². The van der Waals surface area contributed by atoms with Gasteiger partial charge in [0.1, 0.15) is 10.3 Å². The molecule has 0 aliphatic carbocycles. The third kappa shape index (κ3) is 3.59. The van der Waals surface area contributed by atoms with E-state index in [0.717, 1.165) is 25.9 Å². The Labute approximate surface area is 123 Å². The van der Waals surface area contributed by atoms with E-state index in [0.29, 0.717) is 11.6 Å². The SMILES string of the molecule is CN(C)C1CCN(C(=O)c2cc(Cl)nc(Cl)c2)CC1. The fourth-order valence-corrected chi connectivity index (χ4v) is 2.82. The molecular formula is C13H17Cl2N3O. The molecule has 1 saturated heterocycles. The van der Waals surface area contributed by atoms with E-state index in [9.17, 15) is 4.79 Å². The molecule has 2 rings (SSSR count). The first kappa shape index (κ1) is 14.6. The molecule has 0 aromatic carbocycles. The number of amides is 1. The number of rotatable bonds is 2. The fraction of sp³-hybridized carbons (Fsp3) is 0.538. The van der Waals surface area contributed by atoms with Crippen molar-refractivity contribution in [3.63, 3.8) is 0 Å². The van der Waals surface area contributed by atoms with Gasteiger partial charge >= 0.3 is 0 Å². The molecule has 1 amide bonds. The van der Waals surface area contributed by atoms with Crippen molar-refractivity contribution in [2.24, 2.45) is 0 Å². The van der Waals surface area contributed by atoms with Crippen LogP contribution in [0.3, 0.4) is 0 Å². The summed E-state index contributed by atoms with van der Waals surface area (Å²) < 4.78 is 0. The van der Waals surface area contributed by atoms with Gasteiger partial charge in [0.15, 0.2) is 0 Å². The monoisotopic (exact) mass is 301 g/mol. The van der Waals surface area contributed by atoms with E-state index < -0.39 is 0 Å². The molecular weight excluding hydrogens is 285 g/mol. The lowest BCUT2D eigenvalue weighted by atomic mass is 10.0. The molecule has 1 aliphatic rings. The normalized spacial score (nSPS) is 17.0. The summed E-state index contributed by atoms with van der Waals surface area (Å²) in [7, 11) is 4.15. The number of likely N-dealkylation sites (tertiary alicyclic amines) is 1. The van der Waals surface area contributed by atoms with Crippen LogP contribution in [0.5, 0.6) is 0 Å². The van der Waals surface area contributed by atoms with Gasteiger partial charge in [-0.15, -0.1) is 0 Å². The minimum atomic E-state index is -0.0246. The molecule has 0 spiro atoms. The molecule has 0 N–H and O–H groups in total. The zero-order valence-corrected chi connectivity index (χ0v) is 12.6. The Morgan fingerprint density at radius 3 is 2.26 bits per heavy atom. The number of nitrogens with zero attached hydrogens (tertiary/aromatic N) is 3. The summed E-state index contributed by atoms with van der Waals surface area (Å²) in [6.07, 6.45) is 1.98. The Hall–Kier alpha value is -0.840. The van der Waals surface area contributed by atoms with Crippen LogP contribution in [0.1, 0.15) is 23.2 Å². The van der Waals surface area contributed by atoms with Crippen LogP contribution in [0.4, 0.5) is 0 Å². The summed E-state index contributed by atoms with van der Waals surface area (Å²) in [5.41, 5.74) is 0.508. The molecule has 0 unspecified atom stereocenters. The largest absolute Gasteiger partial charge is 0.339 e. The summed E-state index contributed by atoms with van der Waals surface area (Å²) in [5, 5.41) is 0.498. The highest BCUT2D eigenvalue weighted by molar-refractivity contribution is 6.33. The maximum atomic E-state index is 12.3. The third-order valence-corrected chi connectivity index (χ3v) is 3.88. The highest BCUT2D eigenvalue weighted by Crippen LogP contribution is 2.20. The molecule has 0 bridgehead atoms. The average molecular weight is 302 g/mol. The zero-order valence-electron chi connectivity index (χ0n) is 11.1. The number of pyridine rings is 1. The van der Waals surface area contributed by atoms with E-state index >= 15 is 0 Å². The molecule has 2 heterocycles. The first-order valence-electron chi connectivity index (χ1n) is 6.26. The Morgan fingerprint density at radius 1 is 1.26 bits per heavy atom. The van der Waals surface area contributed by atoms with E-state index in [-0.39, 0.29) is 16.2 Å². The molecule has 0 saturated carbocycles. The second-order valence-electron chi connectivity index (χ2n) is 4.99. The number of hydrogen-bond acceptors (Lipinski definition) is 3. The predicted octanol–water partition coefficient (Wildman–Crippen LogP) is 2.55. The molecule has 1 aliphatic heterocycles. The lowest BCUT2D eigenvalue weighted by Crippen LogP contribution is -2.44. The van der Waals surface area contributed by atoms with E-state index in [1.807, 2.05) is 4.90 Å². The summed E-state index contributed by atoms with van der Waals surface area (Å²) in [5.74, 6) is -0.0246. The van der Waals surface area contributed by atoms with E-state index in [4.69, 9.17) is 23.2 Å². The highest BCUT2D eigenvalue weighted by Gasteiger charge is 2.25. The van der Waals surface area contributed by atoms with E-state index in [1.165, 1.54) is 0 Å². The third-order valence-electron chi connectivity index (χ3n) is 3.49. The summed E-state index contributed by atoms with van der Waals surface area (Å²) >= 11 is 11.6. The number of piperidine rings is 1. The Bertz CT molecular complexity index is 451. The lowest BCUT2D eigenvalue weighted by molar-refractivity contribution is 0.0663. The molecule has 6 heteroatoms. The van der Waals surface area contributed by atoms with Crippen LogP contribution in [-0.2, 0) is 0 Å². The zero-order chi connectivity index (χ0) is 14.0. The van der Waals surface area contributed by atoms with Crippen LogP contribution in [-0.4, -0.2) is 53.9 Å². The molecule has 19 heavy (non-hydrogen) atoms. The van der Waals surface area contributed by atoms with Gasteiger partial charge in [-0.2, -0.15) is 0 Å². The van der Waals surface area contributed by atoms with Crippen molar-refractivity contribution in [3.8, 4) is 0 Å². The minimum absolute atomic E-state index is 0.0246. The number of hydrogen-bond donors (Lipinski definition) is 0. The van der Waals surface area contributed by atoms with E-state index in [2.05, 4.69) is 24.0 Å². The molecule has 104 valence electrons. The van der Waals surface area contributed by atoms with Gasteiger partial charge in [0.2, 0.25) is 0 Å². The number of carbonyl (C=O) groups is 1. The molecule has 4 nitrogen and oxygen atoms in total. The second-order valence-corrected chi connectivity index (χ2v) is 5.76.